The number of aromatic nitrogens is 4. The molecule has 0 unspecified atom stereocenters. The number of hydrogen-bond acceptors (Lipinski definition) is 5. The van der Waals surface area contributed by atoms with E-state index in [4.69, 9.17) is 4.74 Å². The molecule has 0 fully saturated rings. The van der Waals surface area contributed by atoms with Crippen molar-refractivity contribution in [3.63, 3.8) is 0 Å². The molecule has 3 aromatic rings. The molecule has 32 heavy (non-hydrogen) atoms. The first kappa shape index (κ1) is 23.5. The molecule has 0 saturated heterocycles. The predicted molar refractivity (Wildman–Crippen MR) is 124 cm³/mol. The van der Waals surface area contributed by atoms with Gasteiger partial charge in [-0.2, -0.15) is 0 Å². The maximum absolute atomic E-state index is 13.1. The molecular weight excluding hydrogens is 408 g/mol. The Kier molecular flexibility index (Phi) is 7.66. The largest absolute Gasteiger partial charge is 0.457 e. The lowest BCUT2D eigenvalue weighted by Crippen LogP contribution is -2.31. The summed E-state index contributed by atoms with van der Waals surface area (Å²) in [6, 6.07) is 9.62. The Labute approximate surface area is 187 Å². The standard InChI is InChI=1S/C24H32N4O4/c1-5-8-14-28-21-20(22(29)26-24(28)31)27(7-3)18(25-21)15-32-23(30)19(16(4)6-2)17-12-10-9-11-13-17/h9-13,16,19H,5-8,14-15H2,1-4H3,(H,26,29,31)/t16-,19+/m0/s1. The summed E-state index contributed by atoms with van der Waals surface area (Å²) in [5.74, 6) is -0.144. The van der Waals surface area contributed by atoms with E-state index < -0.39 is 11.2 Å². The average molecular weight is 441 g/mol. The highest BCUT2D eigenvalue weighted by Crippen LogP contribution is 2.28. The third-order valence-corrected chi connectivity index (χ3v) is 5.99. The Morgan fingerprint density at radius 3 is 2.47 bits per heavy atom. The molecule has 3 rings (SSSR count). The first-order chi connectivity index (χ1) is 15.4. The van der Waals surface area contributed by atoms with Crippen molar-refractivity contribution in [2.24, 2.45) is 5.92 Å². The predicted octanol–water partition coefficient (Wildman–Crippen LogP) is 3.58. The molecule has 2 aromatic heterocycles. The van der Waals surface area contributed by atoms with Gasteiger partial charge in [0.2, 0.25) is 0 Å². The van der Waals surface area contributed by atoms with Crippen molar-refractivity contribution in [3.05, 3.63) is 62.6 Å². The normalized spacial score (nSPS) is 13.2. The summed E-state index contributed by atoms with van der Waals surface area (Å²) in [4.78, 5) is 44.9. The SMILES string of the molecule is CCCCn1c(=O)[nH]c(=O)c2c1nc(COC(=O)[C@@H](c1ccccc1)[C@@H](C)CC)n2CC. The van der Waals surface area contributed by atoms with E-state index in [1.807, 2.05) is 58.0 Å². The van der Waals surface area contributed by atoms with Gasteiger partial charge in [-0.3, -0.25) is 19.1 Å². The Morgan fingerprint density at radius 1 is 1.12 bits per heavy atom. The monoisotopic (exact) mass is 440 g/mol. The molecule has 1 aromatic carbocycles. The number of imidazole rings is 1. The van der Waals surface area contributed by atoms with Crippen molar-refractivity contribution in [2.45, 2.75) is 72.6 Å². The van der Waals surface area contributed by atoms with Crippen molar-refractivity contribution >= 4 is 17.1 Å². The molecular formula is C24H32N4O4. The Balaban J connectivity index is 1.94. The van der Waals surface area contributed by atoms with E-state index in [1.165, 1.54) is 4.57 Å². The molecule has 8 nitrogen and oxygen atoms in total. The van der Waals surface area contributed by atoms with Gasteiger partial charge in [-0.25, -0.2) is 9.78 Å². The maximum atomic E-state index is 13.1. The first-order valence-electron chi connectivity index (χ1n) is 11.4. The van der Waals surface area contributed by atoms with Gasteiger partial charge in [-0.05, 0) is 24.8 Å². The minimum Gasteiger partial charge on any atom is -0.457 e. The number of esters is 1. The molecule has 0 radical (unpaired) electrons. The highest BCUT2D eigenvalue weighted by atomic mass is 16.5. The fourth-order valence-electron chi connectivity index (χ4n) is 4.01. The minimum absolute atomic E-state index is 0.0669. The third kappa shape index (κ3) is 4.69. The van der Waals surface area contributed by atoms with Crippen LogP contribution in [0.15, 0.2) is 39.9 Å². The van der Waals surface area contributed by atoms with E-state index in [1.54, 1.807) is 4.57 Å². The molecule has 1 N–H and O–H groups in total. The van der Waals surface area contributed by atoms with Crippen LogP contribution in [0.4, 0.5) is 0 Å². The van der Waals surface area contributed by atoms with E-state index in [0.717, 1.165) is 24.8 Å². The molecule has 0 bridgehead atoms. The molecule has 0 aliphatic heterocycles. The van der Waals surface area contributed by atoms with Gasteiger partial charge in [-0.1, -0.05) is 63.9 Å². The van der Waals surface area contributed by atoms with Crippen LogP contribution in [0.1, 0.15) is 64.3 Å². The topological polar surface area (TPSA) is 99.0 Å². The lowest BCUT2D eigenvalue weighted by atomic mass is 9.86. The van der Waals surface area contributed by atoms with Crippen LogP contribution in [0.25, 0.3) is 11.2 Å². The van der Waals surface area contributed by atoms with Crippen LogP contribution in [0, 0.1) is 5.92 Å². The fraction of sp³-hybridized carbons (Fsp3) is 0.500. The zero-order valence-electron chi connectivity index (χ0n) is 19.3. The number of nitrogens with zero attached hydrogens (tertiary/aromatic N) is 3. The van der Waals surface area contributed by atoms with Crippen LogP contribution in [0.3, 0.4) is 0 Å². The number of rotatable bonds is 10. The van der Waals surface area contributed by atoms with Gasteiger partial charge in [0.05, 0.1) is 5.92 Å². The van der Waals surface area contributed by atoms with Gasteiger partial charge < -0.3 is 9.30 Å². The summed E-state index contributed by atoms with van der Waals surface area (Å²) in [6.45, 7) is 8.86. The van der Waals surface area contributed by atoms with Crippen LogP contribution >= 0.6 is 0 Å². The second kappa shape index (κ2) is 10.4. The van der Waals surface area contributed by atoms with Crippen LogP contribution < -0.4 is 11.2 Å². The summed E-state index contributed by atoms with van der Waals surface area (Å²) in [5, 5.41) is 0. The number of unbranched alkanes of at least 4 members (excludes halogenated alkanes) is 1. The van der Waals surface area contributed by atoms with Gasteiger partial charge in [0.25, 0.3) is 5.56 Å². The number of benzene rings is 1. The quantitative estimate of drug-likeness (QED) is 0.486. The molecule has 8 heteroatoms. The van der Waals surface area contributed by atoms with Crippen LogP contribution in [0.5, 0.6) is 0 Å². The lowest BCUT2D eigenvalue weighted by Gasteiger charge is -2.22. The third-order valence-electron chi connectivity index (χ3n) is 5.99. The lowest BCUT2D eigenvalue weighted by molar-refractivity contribution is -0.148. The Morgan fingerprint density at radius 2 is 1.84 bits per heavy atom. The molecule has 0 aliphatic rings. The van der Waals surface area contributed by atoms with Crippen molar-refractivity contribution in [3.8, 4) is 0 Å². The molecule has 2 atom stereocenters. The van der Waals surface area contributed by atoms with Gasteiger partial charge in [0, 0.05) is 13.1 Å². The van der Waals surface area contributed by atoms with E-state index in [-0.39, 0.29) is 24.4 Å². The molecule has 0 amide bonds. The van der Waals surface area contributed by atoms with E-state index >= 15 is 0 Å². The number of ether oxygens (including phenoxy) is 1. The second-order valence-electron chi connectivity index (χ2n) is 8.09. The van der Waals surface area contributed by atoms with E-state index in [9.17, 15) is 14.4 Å². The maximum Gasteiger partial charge on any atom is 0.330 e. The van der Waals surface area contributed by atoms with Crippen molar-refractivity contribution in [2.75, 3.05) is 0 Å². The number of nitrogens with one attached hydrogen (secondary N) is 1. The molecule has 0 saturated carbocycles. The number of aromatic amines is 1. The van der Waals surface area contributed by atoms with Crippen molar-refractivity contribution in [1.29, 1.82) is 0 Å². The number of aryl methyl sites for hydroxylation is 2. The van der Waals surface area contributed by atoms with Gasteiger partial charge >= 0.3 is 11.7 Å². The molecule has 0 spiro atoms. The number of hydrogen-bond donors (Lipinski definition) is 1. The summed E-state index contributed by atoms with van der Waals surface area (Å²) in [6.07, 6.45) is 2.53. The highest BCUT2D eigenvalue weighted by molar-refractivity contribution is 5.78. The zero-order valence-corrected chi connectivity index (χ0v) is 19.3. The highest BCUT2D eigenvalue weighted by Gasteiger charge is 2.28. The van der Waals surface area contributed by atoms with E-state index in [2.05, 4.69) is 9.97 Å². The summed E-state index contributed by atoms with van der Waals surface area (Å²) in [5.41, 5.74) is 0.630. The second-order valence-corrected chi connectivity index (χ2v) is 8.09. The van der Waals surface area contributed by atoms with Crippen LogP contribution in [0.2, 0.25) is 0 Å². The average Bonchev–Trinajstić information content (AvgIpc) is 3.17. The number of carbonyl (C=O) groups is 1. The van der Waals surface area contributed by atoms with E-state index in [0.29, 0.717) is 30.1 Å². The molecule has 0 aliphatic carbocycles. The summed E-state index contributed by atoms with van der Waals surface area (Å²) >= 11 is 0. The van der Waals surface area contributed by atoms with Crippen molar-refractivity contribution in [1.82, 2.24) is 19.1 Å². The Bertz CT molecular complexity index is 1180. The van der Waals surface area contributed by atoms with Crippen molar-refractivity contribution < 1.29 is 9.53 Å². The summed E-state index contributed by atoms with van der Waals surface area (Å²) in [7, 11) is 0. The van der Waals surface area contributed by atoms with Gasteiger partial charge in [-0.15, -0.1) is 0 Å². The number of H-pyrrole nitrogens is 1. The fourth-order valence-corrected chi connectivity index (χ4v) is 4.01. The molecule has 2 heterocycles. The van der Waals surface area contributed by atoms with Crippen LogP contribution in [-0.4, -0.2) is 25.1 Å². The zero-order chi connectivity index (χ0) is 23.3. The van der Waals surface area contributed by atoms with Gasteiger partial charge in [0.1, 0.15) is 12.4 Å². The first-order valence-corrected chi connectivity index (χ1v) is 11.4. The van der Waals surface area contributed by atoms with Gasteiger partial charge in [0.15, 0.2) is 11.2 Å². The summed E-state index contributed by atoms with van der Waals surface area (Å²) < 4.78 is 8.91. The number of carbonyl (C=O) groups excluding carboxylic acids is 1. The minimum atomic E-state index is -0.480. The molecule has 172 valence electrons. The smallest absolute Gasteiger partial charge is 0.330 e. The number of fused-ring (bicyclic) bond motifs is 1. The Hall–Kier alpha value is -3.16. The van der Waals surface area contributed by atoms with Crippen LogP contribution in [-0.2, 0) is 29.2 Å².